The molecule has 0 bridgehead atoms. The summed E-state index contributed by atoms with van der Waals surface area (Å²) in [6.07, 6.45) is 1.55. The minimum atomic E-state index is -0.156. The molecule has 1 aliphatic carbocycles. The number of amides is 1. The van der Waals surface area contributed by atoms with Crippen LogP contribution in [0.1, 0.15) is 23.3 Å². The standard InChI is InChI=1S/C12H18N4O2/c1-16(2)12(18)10-3-4-11(15-14-10)13-7-8-5-9(17)6-8/h3-4,8-9,17H,5-7H2,1-2H3,(H,13,15). The number of aromatic nitrogens is 2. The highest BCUT2D eigenvalue weighted by atomic mass is 16.3. The number of carbonyl (C=O) groups excluding carboxylic acids is 1. The highest BCUT2D eigenvalue weighted by molar-refractivity contribution is 5.91. The third-order valence-electron chi connectivity index (χ3n) is 3.07. The monoisotopic (exact) mass is 250 g/mol. The zero-order chi connectivity index (χ0) is 13.1. The SMILES string of the molecule is CN(C)C(=O)c1ccc(NCC2CC(O)C2)nn1. The van der Waals surface area contributed by atoms with Gasteiger partial charge in [-0.3, -0.25) is 4.79 Å². The van der Waals surface area contributed by atoms with E-state index >= 15 is 0 Å². The van der Waals surface area contributed by atoms with E-state index in [1.807, 2.05) is 0 Å². The minimum Gasteiger partial charge on any atom is -0.393 e. The summed E-state index contributed by atoms with van der Waals surface area (Å²) < 4.78 is 0. The van der Waals surface area contributed by atoms with Crippen molar-refractivity contribution in [3.05, 3.63) is 17.8 Å². The summed E-state index contributed by atoms with van der Waals surface area (Å²) in [5.74, 6) is 1.01. The van der Waals surface area contributed by atoms with E-state index in [2.05, 4.69) is 15.5 Å². The molecule has 2 rings (SSSR count). The maximum atomic E-state index is 11.6. The zero-order valence-electron chi connectivity index (χ0n) is 10.6. The van der Waals surface area contributed by atoms with Gasteiger partial charge in [-0.2, -0.15) is 0 Å². The van der Waals surface area contributed by atoms with Gasteiger partial charge in [0.15, 0.2) is 5.69 Å². The summed E-state index contributed by atoms with van der Waals surface area (Å²) in [6.45, 7) is 0.784. The molecule has 1 amide bonds. The number of hydrogen-bond acceptors (Lipinski definition) is 5. The van der Waals surface area contributed by atoms with E-state index in [-0.39, 0.29) is 12.0 Å². The number of aliphatic hydroxyl groups is 1. The first-order valence-corrected chi connectivity index (χ1v) is 6.03. The fraction of sp³-hybridized carbons (Fsp3) is 0.583. The molecular formula is C12H18N4O2. The number of carbonyl (C=O) groups is 1. The lowest BCUT2D eigenvalue weighted by atomic mass is 9.82. The van der Waals surface area contributed by atoms with Crippen LogP contribution in [-0.4, -0.2) is 52.9 Å². The molecule has 6 heteroatoms. The molecule has 0 saturated heterocycles. The maximum absolute atomic E-state index is 11.6. The van der Waals surface area contributed by atoms with Crippen LogP contribution >= 0.6 is 0 Å². The van der Waals surface area contributed by atoms with Crippen molar-refractivity contribution in [3.8, 4) is 0 Å². The Balaban J connectivity index is 1.85. The molecule has 0 radical (unpaired) electrons. The highest BCUT2D eigenvalue weighted by Gasteiger charge is 2.26. The van der Waals surface area contributed by atoms with Crippen LogP contribution in [0, 0.1) is 5.92 Å². The smallest absolute Gasteiger partial charge is 0.273 e. The molecule has 0 spiro atoms. The lowest BCUT2D eigenvalue weighted by Crippen LogP contribution is -2.33. The normalized spacial score (nSPS) is 22.2. The first kappa shape index (κ1) is 12.8. The topological polar surface area (TPSA) is 78.4 Å². The maximum Gasteiger partial charge on any atom is 0.273 e. The molecular weight excluding hydrogens is 232 g/mol. The molecule has 2 N–H and O–H groups in total. The van der Waals surface area contributed by atoms with Crippen molar-refractivity contribution in [1.29, 1.82) is 0 Å². The Kier molecular flexibility index (Phi) is 3.76. The van der Waals surface area contributed by atoms with E-state index in [0.29, 0.717) is 17.4 Å². The van der Waals surface area contributed by atoms with E-state index in [4.69, 9.17) is 5.11 Å². The summed E-state index contributed by atoms with van der Waals surface area (Å²) in [5.41, 5.74) is 0.338. The van der Waals surface area contributed by atoms with Crippen molar-refractivity contribution in [1.82, 2.24) is 15.1 Å². The van der Waals surface area contributed by atoms with E-state index < -0.39 is 0 Å². The first-order chi connectivity index (χ1) is 8.56. The molecule has 1 aromatic rings. The Labute approximate surface area is 106 Å². The van der Waals surface area contributed by atoms with Crippen LogP contribution in [0.5, 0.6) is 0 Å². The third-order valence-corrected chi connectivity index (χ3v) is 3.07. The van der Waals surface area contributed by atoms with E-state index in [9.17, 15) is 4.79 Å². The molecule has 0 unspecified atom stereocenters. The highest BCUT2D eigenvalue weighted by Crippen LogP contribution is 2.26. The van der Waals surface area contributed by atoms with Crippen LogP contribution in [0.4, 0.5) is 5.82 Å². The van der Waals surface area contributed by atoms with Gasteiger partial charge in [-0.05, 0) is 30.9 Å². The molecule has 1 aliphatic rings. The van der Waals surface area contributed by atoms with Gasteiger partial charge >= 0.3 is 0 Å². The van der Waals surface area contributed by atoms with Crippen LogP contribution in [0.2, 0.25) is 0 Å². The second-order valence-corrected chi connectivity index (χ2v) is 4.88. The van der Waals surface area contributed by atoms with Crippen LogP contribution < -0.4 is 5.32 Å². The van der Waals surface area contributed by atoms with Gasteiger partial charge in [0.05, 0.1) is 6.10 Å². The van der Waals surface area contributed by atoms with Crippen LogP contribution in [0.3, 0.4) is 0 Å². The van der Waals surface area contributed by atoms with Gasteiger partial charge in [0, 0.05) is 20.6 Å². The van der Waals surface area contributed by atoms with Gasteiger partial charge in [-0.1, -0.05) is 0 Å². The molecule has 0 atom stereocenters. The average Bonchev–Trinajstić information content (AvgIpc) is 2.33. The van der Waals surface area contributed by atoms with Crippen LogP contribution in [-0.2, 0) is 0 Å². The molecule has 1 aromatic heterocycles. The zero-order valence-corrected chi connectivity index (χ0v) is 10.6. The lowest BCUT2D eigenvalue weighted by molar-refractivity contribution is 0.0486. The molecule has 1 saturated carbocycles. The van der Waals surface area contributed by atoms with Crippen molar-refractivity contribution >= 4 is 11.7 Å². The van der Waals surface area contributed by atoms with Gasteiger partial charge in [-0.15, -0.1) is 10.2 Å². The Bertz CT molecular complexity index is 413. The van der Waals surface area contributed by atoms with Crippen LogP contribution in [0.25, 0.3) is 0 Å². The van der Waals surface area contributed by atoms with Crippen molar-refractivity contribution < 1.29 is 9.90 Å². The van der Waals surface area contributed by atoms with Crippen molar-refractivity contribution in [3.63, 3.8) is 0 Å². The molecule has 98 valence electrons. The van der Waals surface area contributed by atoms with Gasteiger partial charge in [0.1, 0.15) is 5.82 Å². The van der Waals surface area contributed by atoms with E-state index in [1.165, 1.54) is 4.90 Å². The average molecular weight is 250 g/mol. The van der Waals surface area contributed by atoms with Gasteiger partial charge in [0.2, 0.25) is 0 Å². The summed E-state index contributed by atoms with van der Waals surface area (Å²) in [7, 11) is 3.36. The fourth-order valence-electron chi connectivity index (χ4n) is 1.89. The number of nitrogens with one attached hydrogen (secondary N) is 1. The Morgan fingerprint density at radius 2 is 2.17 bits per heavy atom. The summed E-state index contributed by atoms with van der Waals surface area (Å²) in [6, 6.07) is 3.41. The number of nitrogens with zero attached hydrogens (tertiary/aromatic N) is 3. The predicted octanol–water partition coefficient (Wildman–Crippen LogP) is 0.361. The van der Waals surface area contributed by atoms with E-state index in [1.54, 1.807) is 26.2 Å². The van der Waals surface area contributed by atoms with Crippen molar-refractivity contribution in [2.45, 2.75) is 18.9 Å². The second-order valence-electron chi connectivity index (χ2n) is 4.88. The van der Waals surface area contributed by atoms with Gasteiger partial charge < -0.3 is 15.3 Å². The summed E-state index contributed by atoms with van der Waals surface area (Å²) in [4.78, 5) is 13.1. The lowest BCUT2D eigenvalue weighted by Gasteiger charge is -2.31. The molecule has 18 heavy (non-hydrogen) atoms. The molecule has 6 nitrogen and oxygen atoms in total. The van der Waals surface area contributed by atoms with Crippen LogP contribution in [0.15, 0.2) is 12.1 Å². The second kappa shape index (κ2) is 5.30. The third kappa shape index (κ3) is 2.95. The number of hydrogen-bond donors (Lipinski definition) is 2. The fourth-order valence-corrected chi connectivity index (χ4v) is 1.89. The van der Waals surface area contributed by atoms with Gasteiger partial charge in [0.25, 0.3) is 5.91 Å². The quantitative estimate of drug-likeness (QED) is 0.806. The Hall–Kier alpha value is -1.69. The van der Waals surface area contributed by atoms with E-state index in [0.717, 1.165) is 19.4 Å². The van der Waals surface area contributed by atoms with Gasteiger partial charge in [-0.25, -0.2) is 0 Å². The van der Waals surface area contributed by atoms with Crippen molar-refractivity contribution in [2.75, 3.05) is 26.0 Å². The Morgan fingerprint density at radius 1 is 1.44 bits per heavy atom. The first-order valence-electron chi connectivity index (χ1n) is 6.03. The molecule has 1 fully saturated rings. The number of rotatable bonds is 4. The molecule has 1 heterocycles. The molecule has 0 aliphatic heterocycles. The minimum absolute atomic E-state index is 0.136. The van der Waals surface area contributed by atoms with Crippen molar-refractivity contribution in [2.24, 2.45) is 5.92 Å². The number of anilines is 1. The Morgan fingerprint density at radius 3 is 2.67 bits per heavy atom. The number of aliphatic hydroxyl groups excluding tert-OH is 1. The predicted molar refractivity (Wildman–Crippen MR) is 67.3 cm³/mol. The molecule has 0 aromatic carbocycles. The summed E-state index contributed by atoms with van der Waals surface area (Å²) >= 11 is 0. The summed E-state index contributed by atoms with van der Waals surface area (Å²) in [5, 5.41) is 20.2. The largest absolute Gasteiger partial charge is 0.393 e.